The van der Waals surface area contributed by atoms with Crippen LogP contribution in [0.5, 0.6) is 11.5 Å². The predicted octanol–water partition coefficient (Wildman–Crippen LogP) is 3.36. The predicted molar refractivity (Wildman–Crippen MR) is 60.8 cm³/mol. The van der Waals surface area contributed by atoms with Crippen molar-refractivity contribution in [1.82, 2.24) is 0 Å². The minimum atomic E-state index is -0.548. The van der Waals surface area contributed by atoms with Crippen LogP contribution in [0.15, 0.2) is 18.2 Å². The number of hydrogen-bond donors (Lipinski definition) is 0. The SMILES string of the molecule is C[C@@H](Cl)Cc1ccc2c(c1)OC(C)(C)O2. The molecule has 0 N–H and O–H groups in total. The van der Waals surface area contributed by atoms with Crippen LogP contribution in [0, 0.1) is 0 Å². The Bertz CT molecular complexity index is 372. The average Bonchev–Trinajstić information content (AvgIpc) is 2.36. The zero-order valence-corrected chi connectivity index (χ0v) is 9.97. The van der Waals surface area contributed by atoms with Crippen LogP contribution >= 0.6 is 11.6 Å². The number of halogens is 1. The first kappa shape index (κ1) is 10.6. The molecule has 1 aromatic carbocycles. The van der Waals surface area contributed by atoms with E-state index in [2.05, 4.69) is 0 Å². The van der Waals surface area contributed by atoms with E-state index in [-0.39, 0.29) is 5.38 Å². The van der Waals surface area contributed by atoms with Gasteiger partial charge in [-0.1, -0.05) is 6.07 Å². The van der Waals surface area contributed by atoms with Gasteiger partial charge in [0.25, 0.3) is 0 Å². The van der Waals surface area contributed by atoms with Crippen molar-refractivity contribution in [2.75, 3.05) is 0 Å². The molecule has 0 fully saturated rings. The average molecular weight is 227 g/mol. The third kappa shape index (κ3) is 2.37. The molecular weight excluding hydrogens is 212 g/mol. The molecule has 2 nitrogen and oxygen atoms in total. The van der Waals surface area contributed by atoms with Gasteiger partial charge in [0.15, 0.2) is 11.5 Å². The van der Waals surface area contributed by atoms with E-state index >= 15 is 0 Å². The smallest absolute Gasteiger partial charge is 0.246 e. The van der Waals surface area contributed by atoms with E-state index in [1.165, 1.54) is 5.56 Å². The first-order chi connectivity index (χ1) is 6.96. The number of fused-ring (bicyclic) bond motifs is 1. The van der Waals surface area contributed by atoms with Crippen LogP contribution in [0.2, 0.25) is 0 Å². The fraction of sp³-hybridized carbons (Fsp3) is 0.500. The number of benzene rings is 1. The molecule has 1 aliphatic heterocycles. The Labute approximate surface area is 95.1 Å². The molecule has 1 aliphatic rings. The second kappa shape index (κ2) is 3.60. The van der Waals surface area contributed by atoms with E-state index in [9.17, 15) is 0 Å². The Balaban J connectivity index is 2.23. The lowest BCUT2D eigenvalue weighted by Gasteiger charge is -2.16. The van der Waals surface area contributed by atoms with Crippen molar-refractivity contribution in [3.63, 3.8) is 0 Å². The first-order valence-corrected chi connectivity index (χ1v) is 5.55. The summed E-state index contributed by atoms with van der Waals surface area (Å²) in [5, 5.41) is 0.137. The van der Waals surface area contributed by atoms with Crippen LogP contribution < -0.4 is 9.47 Å². The van der Waals surface area contributed by atoms with Crippen molar-refractivity contribution in [2.45, 2.75) is 38.4 Å². The maximum Gasteiger partial charge on any atom is 0.246 e. The molecular formula is C12H15ClO2. The summed E-state index contributed by atoms with van der Waals surface area (Å²) >= 11 is 5.95. The van der Waals surface area contributed by atoms with Crippen molar-refractivity contribution < 1.29 is 9.47 Å². The highest BCUT2D eigenvalue weighted by Gasteiger charge is 2.31. The van der Waals surface area contributed by atoms with Gasteiger partial charge in [-0.25, -0.2) is 0 Å². The summed E-state index contributed by atoms with van der Waals surface area (Å²) in [6.45, 7) is 5.78. The standard InChI is InChI=1S/C12H15ClO2/c1-8(13)6-9-4-5-10-11(7-9)15-12(2,3)14-10/h4-5,7-8H,6H2,1-3H3/t8-/m1/s1. The summed E-state index contributed by atoms with van der Waals surface area (Å²) < 4.78 is 11.3. The van der Waals surface area contributed by atoms with E-state index in [1.807, 2.05) is 39.0 Å². The van der Waals surface area contributed by atoms with Crippen molar-refractivity contribution in [1.29, 1.82) is 0 Å². The molecule has 0 bridgehead atoms. The Hall–Kier alpha value is -0.890. The van der Waals surface area contributed by atoms with E-state index in [0.717, 1.165) is 17.9 Å². The van der Waals surface area contributed by atoms with Crippen molar-refractivity contribution in [3.8, 4) is 11.5 Å². The van der Waals surface area contributed by atoms with Crippen molar-refractivity contribution >= 4 is 11.6 Å². The molecule has 1 aromatic rings. The largest absolute Gasteiger partial charge is 0.449 e. The molecule has 82 valence electrons. The second-order valence-corrected chi connectivity index (χ2v) is 5.11. The fourth-order valence-corrected chi connectivity index (χ4v) is 1.90. The fourth-order valence-electron chi connectivity index (χ4n) is 1.72. The molecule has 0 unspecified atom stereocenters. The minimum absolute atomic E-state index is 0.137. The highest BCUT2D eigenvalue weighted by molar-refractivity contribution is 6.20. The molecule has 15 heavy (non-hydrogen) atoms. The van der Waals surface area contributed by atoms with Crippen LogP contribution in [0.3, 0.4) is 0 Å². The van der Waals surface area contributed by atoms with Gasteiger partial charge in [-0.3, -0.25) is 0 Å². The Morgan fingerprint density at radius 2 is 1.93 bits per heavy atom. The molecule has 0 saturated carbocycles. The number of hydrogen-bond acceptors (Lipinski definition) is 2. The highest BCUT2D eigenvalue weighted by Crippen LogP contribution is 2.39. The molecule has 0 radical (unpaired) electrons. The Kier molecular flexibility index (Phi) is 2.55. The second-order valence-electron chi connectivity index (χ2n) is 4.37. The quantitative estimate of drug-likeness (QED) is 0.720. The van der Waals surface area contributed by atoms with Gasteiger partial charge in [0.1, 0.15) is 0 Å². The number of ether oxygens (including phenoxy) is 2. The first-order valence-electron chi connectivity index (χ1n) is 5.11. The maximum atomic E-state index is 5.95. The third-order valence-electron chi connectivity index (χ3n) is 2.24. The molecule has 0 aromatic heterocycles. The lowest BCUT2D eigenvalue weighted by atomic mass is 10.1. The van der Waals surface area contributed by atoms with Gasteiger partial charge in [0, 0.05) is 19.2 Å². The van der Waals surface area contributed by atoms with Gasteiger partial charge in [0.05, 0.1) is 0 Å². The van der Waals surface area contributed by atoms with Crippen LogP contribution in [0.4, 0.5) is 0 Å². The van der Waals surface area contributed by atoms with E-state index in [4.69, 9.17) is 21.1 Å². The van der Waals surface area contributed by atoms with E-state index < -0.39 is 5.79 Å². The summed E-state index contributed by atoms with van der Waals surface area (Å²) in [6.07, 6.45) is 0.846. The normalized spacial score (nSPS) is 18.9. The molecule has 1 heterocycles. The molecule has 3 heteroatoms. The molecule has 0 spiro atoms. The molecule has 2 rings (SSSR count). The molecule has 0 saturated heterocycles. The topological polar surface area (TPSA) is 18.5 Å². The van der Waals surface area contributed by atoms with Gasteiger partial charge < -0.3 is 9.47 Å². The summed E-state index contributed by atoms with van der Waals surface area (Å²) in [5.41, 5.74) is 1.18. The zero-order chi connectivity index (χ0) is 11.1. The lowest BCUT2D eigenvalue weighted by molar-refractivity contribution is -0.0431. The maximum absolute atomic E-state index is 5.95. The van der Waals surface area contributed by atoms with Crippen molar-refractivity contribution in [3.05, 3.63) is 23.8 Å². The molecule has 1 atom stereocenters. The van der Waals surface area contributed by atoms with Crippen LogP contribution in [-0.4, -0.2) is 11.2 Å². The minimum Gasteiger partial charge on any atom is -0.449 e. The van der Waals surface area contributed by atoms with Gasteiger partial charge >= 0.3 is 0 Å². The van der Waals surface area contributed by atoms with Gasteiger partial charge in [-0.15, -0.1) is 11.6 Å². The molecule has 0 amide bonds. The molecule has 0 aliphatic carbocycles. The Morgan fingerprint density at radius 3 is 2.60 bits per heavy atom. The summed E-state index contributed by atoms with van der Waals surface area (Å²) in [4.78, 5) is 0. The van der Waals surface area contributed by atoms with Gasteiger partial charge in [-0.2, -0.15) is 0 Å². The van der Waals surface area contributed by atoms with E-state index in [0.29, 0.717) is 0 Å². The van der Waals surface area contributed by atoms with Crippen LogP contribution in [-0.2, 0) is 6.42 Å². The zero-order valence-electron chi connectivity index (χ0n) is 9.21. The number of rotatable bonds is 2. The van der Waals surface area contributed by atoms with E-state index in [1.54, 1.807) is 0 Å². The van der Waals surface area contributed by atoms with Gasteiger partial charge in [-0.05, 0) is 31.0 Å². The summed E-state index contributed by atoms with van der Waals surface area (Å²) in [5.74, 6) is 1.08. The third-order valence-corrected chi connectivity index (χ3v) is 2.39. The number of alkyl halides is 1. The lowest BCUT2D eigenvalue weighted by Crippen LogP contribution is -2.29. The highest BCUT2D eigenvalue weighted by atomic mass is 35.5. The Morgan fingerprint density at radius 1 is 1.27 bits per heavy atom. The van der Waals surface area contributed by atoms with Gasteiger partial charge in [0.2, 0.25) is 5.79 Å². The van der Waals surface area contributed by atoms with Crippen LogP contribution in [0.1, 0.15) is 26.3 Å². The monoisotopic (exact) mass is 226 g/mol. The summed E-state index contributed by atoms with van der Waals surface area (Å²) in [6, 6.07) is 5.98. The summed E-state index contributed by atoms with van der Waals surface area (Å²) in [7, 11) is 0. The van der Waals surface area contributed by atoms with Crippen molar-refractivity contribution in [2.24, 2.45) is 0 Å². The van der Waals surface area contributed by atoms with Crippen LogP contribution in [0.25, 0.3) is 0 Å².